The normalized spacial score (nSPS) is 11.3. The number of esters is 1. The van der Waals surface area contributed by atoms with Gasteiger partial charge in [0.05, 0.1) is 12.7 Å². The molecule has 4 heteroatoms. The summed E-state index contributed by atoms with van der Waals surface area (Å²) in [6.07, 6.45) is 1.66. The van der Waals surface area contributed by atoms with Crippen LogP contribution in [0.3, 0.4) is 0 Å². The van der Waals surface area contributed by atoms with E-state index >= 15 is 0 Å². The lowest BCUT2D eigenvalue weighted by Gasteiger charge is -2.16. The van der Waals surface area contributed by atoms with E-state index in [1.807, 2.05) is 60.7 Å². The van der Waals surface area contributed by atoms with Crippen LogP contribution in [0.1, 0.15) is 11.1 Å². The van der Waals surface area contributed by atoms with E-state index in [0.717, 1.165) is 17.4 Å². The molecular weight excluding hydrogens is 290 g/mol. The number of carbonyl (C=O) groups excluding carboxylic acids is 2. The van der Waals surface area contributed by atoms with Crippen LogP contribution in [0.25, 0.3) is 0 Å². The fourth-order valence-electron chi connectivity index (χ4n) is 2.23. The zero-order valence-electron chi connectivity index (χ0n) is 12.8. The number of carbonyl (C=O) groups is 2. The second-order valence-corrected chi connectivity index (χ2v) is 5.08. The summed E-state index contributed by atoms with van der Waals surface area (Å²) in [6.45, 7) is 3.38. The fourth-order valence-corrected chi connectivity index (χ4v) is 2.23. The maximum absolute atomic E-state index is 12.2. The van der Waals surface area contributed by atoms with Crippen molar-refractivity contribution in [3.8, 4) is 0 Å². The van der Waals surface area contributed by atoms with Crippen molar-refractivity contribution in [2.45, 2.75) is 18.9 Å². The van der Waals surface area contributed by atoms with Crippen LogP contribution in [-0.4, -0.2) is 17.9 Å². The van der Waals surface area contributed by atoms with Crippen molar-refractivity contribution in [3.05, 3.63) is 84.6 Å². The van der Waals surface area contributed by atoms with Gasteiger partial charge in [0.15, 0.2) is 0 Å². The van der Waals surface area contributed by atoms with Gasteiger partial charge in [0.2, 0.25) is 5.91 Å². The molecule has 0 saturated carbocycles. The van der Waals surface area contributed by atoms with Crippen LogP contribution in [0.5, 0.6) is 0 Å². The molecule has 0 fully saturated rings. The van der Waals surface area contributed by atoms with Gasteiger partial charge in [-0.1, -0.05) is 67.2 Å². The van der Waals surface area contributed by atoms with E-state index in [1.54, 1.807) is 0 Å². The molecule has 23 heavy (non-hydrogen) atoms. The molecule has 1 N–H and O–H groups in total. The van der Waals surface area contributed by atoms with E-state index in [2.05, 4.69) is 11.9 Å². The smallest absolute Gasteiger partial charge is 0.333 e. The standard InChI is InChI=1S/C19H19NO3/c1-2-23-19(22)17(13-15-9-5-3-6-10-15)20-18(21)14-16-11-7-4-8-12-16/h2-12,17H,1,13-14H2,(H,20,21). The molecule has 0 bridgehead atoms. The van der Waals surface area contributed by atoms with E-state index in [9.17, 15) is 9.59 Å². The lowest BCUT2D eigenvalue weighted by atomic mass is 10.1. The number of hydrogen-bond acceptors (Lipinski definition) is 3. The molecule has 0 saturated heterocycles. The molecule has 0 aliphatic heterocycles. The first-order valence-corrected chi connectivity index (χ1v) is 7.37. The number of amides is 1. The molecule has 1 atom stereocenters. The molecule has 2 aromatic rings. The molecule has 2 aromatic carbocycles. The van der Waals surface area contributed by atoms with Crippen molar-refractivity contribution in [1.82, 2.24) is 5.32 Å². The maximum Gasteiger partial charge on any atom is 0.333 e. The third kappa shape index (κ3) is 5.43. The van der Waals surface area contributed by atoms with Crippen LogP contribution in [-0.2, 0) is 27.2 Å². The summed E-state index contributed by atoms with van der Waals surface area (Å²) in [5.74, 6) is -0.747. The largest absolute Gasteiger partial charge is 0.434 e. The zero-order valence-corrected chi connectivity index (χ0v) is 12.8. The molecule has 0 aliphatic carbocycles. The van der Waals surface area contributed by atoms with E-state index in [4.69, 9.17) is 4.74 Å². The highest BCUT2D eigenvalue weighted by atomic mass is 16.5. The van der Waals surface area contributed by atoms with Crippen molar-refractivity contribution < 1.29 is 14.3 Å². The maximum atomic E-state index is 12.2. The van der Waals surface area contributed by atoms with Gasteiger partial charge in [0.25, 0.3) is 0 Å². The SMILES string of the molecule is C=COC(=O)C(Cc1ccccc1)NC(=O)Cc1ccccc1. The number of hydrogen-bond donors (Lipinski definition) is 1. The highest BCUT2D eigenvalue weighted by Gasteiger charge is 2.22. The number of ether oxygens (including phenoxy) is 1. The molecular formula is C19H19NO3. The topological polar surface area (TPSA) is 55.4 Å². The van der Waals surface area contributed by atoms with Gasteiger partial charge in [-0.25, -0.2) is 4.79 Å². The van der Waals surface area contributed by atoms with Crippen molar-refractivity contribution in [3.63, 3.8) is 0 Å². The predicted molar refractivity (Wildman–Crippen MR) is 88.5 cm³/mol. The summed E-state index contributed by atoms with van der Waals surface area (Å²) in [5.41, 5.74) is 1.83. The Labute approximate surface area is 135 Å². The predicted octanol–water partition coefficient (Wildman–Crippen LogP) is 2.64. The monoisotopic (exact) mass is 309 g/mol. The van der Waals surface area contributed by atoms with Gasteiger partial charge >= 0.3 is 5.97 Å². The third-order valence-electron chi connectivity index (χ3n) is 3.31. The Kier molecular flexibility index (Phi) is 6.12. The molecule has 1 unspecified atom stereocenters. The van der Waals surface area contributed by atoms with Gasteiger partial charge in [-0.15, -0.1) is 0 Å². The second kappa shape index (κ2) is 8.54. The summed E-state index contributed by atoms with van der Waals surface area (Å²) in [4.78, 5) is 24.2. The van der Waals surface area contributed by atoms with E-state index in [1.165, 1.54) is 0 Å². The van der Waals surface area contributed by atoms with Crippen LogP contribution < -0.4 is 5.32 Å². The van der Waals surface area contributed by atoms with Crippen LogP contribution in [0.2, 0.25) is 0 Å². The summed E-state index contributed by atoms with van der Waals surface area (Å²) in [7, 11) is 0. The van der Waals surface area contributed by atoms with Crippen molar-refractivity contribution >= 4 is 11.9 Å². The Bertz CT molecular complexity index is 653. The molecule has 4 nitrogen and oxygen atoms in total. The number of rotatable bonds is 7. The van der Waals surface area contributed by atoms with Crippen molar-refractivity contribution in [2.24, 2.45) is 0 Å². The zero-order chi connectivity index (χ0) is 16.5. The Balaban J connectivity index is 2.03. The minimum Gasteiger partial charge on any atom is -0.434 e. The molecule has 0 aliphatic rings. The second-order valence-electron chi connectivity index (χ2n) is 5.08. The first kappa shape index (κ1) is 16.5. The van der Waals surface area contributed by atoms with Gasteiger partial charge in [0.1, 0.15) is 6.04 Å². The first-order chi connectivity index (χ1) is 11.2. The van der Waals surface area contributed by atoms with Gasteiger partial charge in [0, 0.05) is 6.42 Å². The fraction of sp³-hybridized carbons (Fsp3) is 0.158. The average molecular weight is 309 g/mol. The molecule has 1 amide bonds. The van der Waals surface area contributed by atoms with E-state index in [-0.39, 0.29) is 12.3 Å². The number of benzene rings is 2. The highest BCUT2D eigenvalue weighted by Crippen LogP contribution is 2.06. The molecule has 0 heterocycles. The summed E-state index contributed by atoms with van der Waals surface area (Å²) in [6, 6.07) is 18.1. The molecule has 0 aromatic heterocycles. The minimum atomic E-state index is -0.744. The Hall–Kier alpha value is -2.88. The van der Waals surface area contributed by atoms with Gasteiger partial charge < -0.3 is 10.1 Å². The van der Waals surface area contributed by atoms with E-state index in [0.29, 0.717) is 6.42 Å². The van der Waals surface area contributed by atoms with Crippen LogP contribution in [0, 0.1) is 0 Å². The Morgan fingerprint density at radius 2 is 1.57 bits per heavy atom. The summed E-state index contributed by atoms with van der Waals surface area (Å²) in [5, 5.41) is 2.74. The lowest BCUT2D eigenvalue weighted by Crippen LogP contribution is -2.43. The Morgan fingerprint density at radius 1 is 1.00 bits per heavy atom. The van der Waals surface area contributed by atoms with Gasteiger partial charge in [-0.05, 0) is 11.1 Å². The molecule has 118 valence electrons. The summed E-state index contributed by atoms with van der Waals surface area (Å²) < 4.78 is 4.84. The lowest BCUT2D eigenvalue weighted by molar-refractivity contribution is -0.142. The van der Waals surface area contributed by atoms with Crippen LogP contribution >= 0.6 is 0 Å². The van der Waals surface area contributed by atoms with E-state index < -0.39 is 12.0 Å². The quantitative estimate of drug-likeness (QED) is 0.632. The molecule has 2 rings (SSSR count). The number of nitrogens with one attached hydrogen (secondary N) is 1. The third-order valence-corrected chi connectivity index (χ3v) is 3.31. The molecule has 0 spiro atoms. The van der Waals surface area contributed by atoms with Gasteiger partial charge in [-0.2, -0.15) is 0 Å². The minimum absolute atomic E-state index is 0.216. The highest BCUT2D eigenvalue weighted by molar-refractivity contribution is 5.86. The summed E-state index contributed by atoms with van der Waals surface area (Å²) >= 11 is 0. The average Bonchev–Trinajstić information content (AvgIpc) is 2.56. The molecule has 0 radical (unpaired) electrons. The van der Waals surface area contributed by atoms with Crippen LogP contribution in [0.4, 0.5) is 0 Å². The Morgan fingerprint density at radius 3 is 2.13 bits per heavy atom. The van der Waals surface area contributed by atoms with Crippen LogP contribution in [0.15, 0.2) is 73.5 Å². The first-order valence-electron chi connectivity index (χ1n) is 7.37. The van der Waals surface area contributed by atoms with Crippen molar-refractivity contribution in [2.75, 3.05) is 0 Å². The van der Waals surface area contributed by atoms with Crippen molar-refractivity contribution in [1.29, 1.82) is 0 Å². The van der Waals surface area contributed by atoms with Gasteiger partial charge in [-0.3, -0.25) is 4.79 Å².